The van der Waals surface area contributed by atoms with Crippen molar-refractivity contribution in [2.75, 3.05) is 38.3 Å². The number of anilines is 1. The summed E-state index contributed by atoms with van der Waals surface area (Å²) in [5.74, 6) is 1.34. The van der Waals surface area contributed by atoms with Gasteiger partial charge in [0.05, 0.1) is 41.3 Å². The van der Waals surface area contributed by atoms with Gasteiger partial charge in [0.15, 0.2) is 11.6 Å². The molecule has 4 rings (SSSR count). The lowest BCUT2D eigenvalue weighted by Gasteiger charge is -2.28. The van der Waals surface area contributed by atoms with Gasteiger partial charge in [-0.15, -0.1) is 11.3 Å². The van der Waals surface area contributed by atoms with Crippen molar-refractivity contribution in [3.8, 4) is 11.4 Å². The predicted molar refractivity (Wildman–Crippen MR) is 156 cm³/mol. The van der Waals surface area contributed by atoms with Crippen LogP contribution in [0.25, 0.3) is 21.6 Å². The van der Waals surface area contributed by atoms with E-state index in [4.69, 9.17) is 14.7 Å². The van der Waals surface area contributed by atoms with E-state index in [1.165, 1.54) is 0 Å². The van der Waals surface area contributed by atoms with E-state index < -0.39 is 0 Å². The zero-order chi connectivity index (χ0) is 26.9. The highest BCUT2D eigenvalue weighted by Crippen LogP contribution is 2.37. The lowest BCUT2D eigenvalue weighted by molar-refractivity contribution is -0.117. The molecule has 1 amide bonds. The largest absolute Gasteiger partial charge is 0.378 e. The Balaban J connectivity index is 1.73. The topological polar surface area (TPSA) is 104 Å². The van der Waals surface area contributed by atoms with Crippen molar-refractivity contribution in [2.45, 2.75) is 26.8 Å². The van der Waals surface area contributed by atoms with Gasteiger partial charge in [0.2, 0.25) is 0 Å². The maximum absolute atomic E-state index is 12.9. The van der Waals surface area contributed by atoms with Crippen LogP contribution in [0.4, 0.5) is 5.82 Å². The number of carbonyl (C=O) groups is 1. The number of ether oxygens (including phenoxy) is 1. The molecule has 1 aliphatic heterocycles. The monoisotopic (exact) mass is 531 g/mol. The van der Waals surface area contributed by atoms with Crippen LogP contribution in [-0.4, -0.2) is 61.7 Å². The van der Waals surface area contributed by atoms with E-state index >= 15 is 0 Å². The quantitative estimate of drug-likeness (QED) is 0.240. The second-order valence-corrected chi connectivity index (χ2v) is 9.69. The first kappa shape index (κ1) is 27.2. The lowest BCUT2D eigenvalue weighted by Crippen LogP contribution is -2.36. The highest BCUT2D eigenvalue weighted by atomic mass is 32.1. The first-order valence-electron chi connectivity index (χ1n) is 12.6. The number of benzene rings is 1. The van der Waals surface area contributed by atoms with Crippen LogP contribution in [0.5, 0.6) is 0 Å². The van der Waals surface area contributed by atoms with Gasteiger partial charge in [-0.25, -0.2) is 9.97 Å². The van der Waals surface area contributed by atoms with Crippen LogP contribution in [0.15, 0.2) is 64.4 Å². The molecule has 9 nitrogen and oxygen atoms in total. The first-order valence-corrected chi connectivity index (χ1v) is 13.4. The molecule has 38 heavy (non-hydrogen) atoms. The van der Waals surface area contributed by atoms with Gasteiger partial charge < -0.3 is 20.4 Å². The minimum Gasteiger partial charge on any atom is -0.378 e. The molecule has 3 heterocycles. The second-order valence-electron chi connectivity index (χ2n) is 8.60. The summed E-state index contributed by atoms with van der Waals surface area (Å²) in [4.78, 5) is 30.3. The number of hydrazone groups is 1. The van der Waals surface area contributed by atoms with Crippen molar-refractivity contribution in [2.24, 2.45) is 10.1 Å². The van der Waals surface area contributed by atoms with E-state index in [2.05, 4.69) is 25.7 Å². The number of amides is 1. The molecule has 198 valence electrons. The molecule has 2 aromatic heterocycles. The molecule has 0 saturated carbocycles. The number of aromatic nitrogens is 2. The van der Waals surface area contributed by atoms with Crippen LogP contribution in [0.1, 0.15) is 37.3 Å². The Hall–Kier alpha value is -3.89. The number of aliphatic imine (C=N–C) groups is 1. The number of hydrogen-bond donors (Lipinski definition) is 2. The molecule has 1 fully saturated rings. The van der Waals surface area contributed by atoms with E-state index in [1.807, 2.05) is 57.2 Å². The molecule has 0 aliphatic carbocycles. The smallest absolute Gasteiger partial charge is 0.253 e. The zero-order valence-corrected chi connectivity index (χ0v) is 23.0. The van der Waals surface area contributed by atoms with Crippen LogP contribution < -0.4 is 15.6 Å². The van der Waals surface area contributed by atoms with E-state index in [-0.39, 0.29) is 11.9 Å². The first-order chi connectivity index (χ1) is 18.5. The van der Waals surface area contributed by atoms with Crippen molar-refractivity contribution in [1.82, 2.24) is 20.7 Å². The zero-order valence-electron chi connectivity index (χ0n) is 22.1. The Morgan fingerprint density at radius 3 is 2.74 bits per heavy atom. The maximum Gasteiger partial charge on any atom is 0.253 e. The van der Waals surface area contributed by atoms with Gasteiger partial charge in [0.1, 0.15) is 0 Å². The third-order valence-electron chi connectivity index (χ3n) is 6.01. The third kappa shape index (κ3) is 6.32. The number of nitrogens with zero attached hydrogens (tertiary/aromatic N) is 5. The van der Waals surface area contributed by atoms with Crippen LogP contribution in [0.2, 0.25) is 0 Å². The number of allylic oxidation sites excluding steroid dienone is 2. The van der Waals surface area contributed by atoms with Crippen molar-refractivity contribution in [3.63, 3.8) is 0 Å². The average molecular weight is 532 g/mol. The number of thiophene rings is 1. The molecular formula is C28H33N7O2S. The molecule has 3 aromatic rings. The lowest BCUT2D eigenvalue weighted by atomic mass is 10.1. The normalized spacial score (nSPS) is 15.7. The van der Waals surface area contributed by atoms with Gasteiger partial charge in [0, 0.05) is 48.6 Å². The Kier molecular flexibility index (Phi) is 9.34. The Morgan fingerprint density at radius 2 is 2.00 bits per heavy atom. The molecule has 1 atom stereocenters. The summed E-state index contributed by atoms with van der Waals surface area (Å²) >= 11 is 1.61. The van der Waals surface area contributed by atoms with E-state index in [9.17, 15) is 4.79 Å². The van der Waals surface area contributed by atoms with Crippen LogP contribution >= 0.6 is 11.3 Å². The average Bonchev–Trinajstić information content (AvgIpc) is 3.39. The molecule has 2 N–H and O–H groups in total. The van der Waals surface area contributed by atoms with E-state index in [0.29, 0.717) is 24.6 Å². The van der Waals surface area contributed by atoms with Gasteiger partial charge in [0.25, 0.3) is 5.91 Å². The fourth-order valence-electron chi connectivity index (χ4n) is 4.03. The SMILES string of the molecule is C\C=C/N=C\C(=C/C)C(=O)NC(C)c1cc2nc(-c3ccccc3/C=N\NC)nc(N3CCOCC3)c2s1. The van der Waals surface area contributed by atoms with Crippen molar-refractivity contribution in [3.05, 3.63) is 64.7 Å². The van der Waals surface area contributed by atoms with Gasteiger partial charge in [-0.05, 0) is 26.8 Å². The Labute approximate surface area is 227 Å². The number of fused-ring (bicyclic) bond motifs is 1. The van der Waals surface area contributed by atoms with Gasteiger partial charge in [-0.2, -0.15) is 5.10 Å². The third-order valence-corrected chi connectivity index (χ3v) is 7.32. The van der Waals surface area contributed by atoms with E-state index in [1.54, 1.807) is 43.1 Å². The summed E-state index contributed by atoms with van der Waals surface area (Å²) in [5.41, 5.74) is 5.97. The van der Waals surface area contributed by atoms with E-state index in [0.717, 1.165) is 45.1 Å². The van der Waals surface area contributed by atoms with Crippen LogP contribution in [0, 0.1) is 0 Å². The molecule has 1 saturated heterocycles. The minimum absolute atomic E-state index is 0.177. The number of nitrogens with one attached hydrogen (secondary N) is 2. The molecule has 1 unspecified atom stereocenters. The predicted octanol–water partition coefficient (Wildman–Crippen LogP) is 4.48. The molecule has 0 spiro atoms. The van der Waals surface area contributed by atoms with Crippen LogP contribution in [-0.2, 0) is 9.53 Å². The summed E-state index contributed by atoms with van der Waals surface area (Å²) in [6.07, 6.45) is 8.55. The standard InChI is InChI=1S/C28H33N7O2S/c1-5-11-30-17-20(6-2)28(36)32-19(3)24-16-23-25(38-24)27(35-12-14-37-15-13-35)34-26(33-23)22-10-8-7-9-21(22)18-31-29-4/h5-11,16-19,29H,12-15H2,1-4H3,(H,32,36)/b11-5-,20-6+,30-17-,31-18-. The number of morpholine rings is 1. The number of rotatable bonds is 9. The molecule has 0 radical (unpaired) electrons. The summed E-state index contributed by atoms with van der Waals surface area (Å²) in [7, 11) is 1.76. The Bertz CT molecular complexity index is 1390. The number of hydrogen-bond acceptors (Lipinski definition) is 9. The van der Waals surface area contributed by atoms with Gasteiger partial charge in [-0.3, -0.25) is 9.79 Å². The summed E-state index contributed by atoms with van der Waals surface area (Å²) in [6.45, 7) is 8.49. The number of carbonyl (C=O) groups excluding carboxylic acids is 1. The fourth-order valence-corrected chi connectivity index (χ4v) is 5.15. The van der Waals surface area contributed by atoms with Crippen molar-refractivity contribution < 1.29 is 9.53 Å². The highest BCUT2D eigenvalue weighted by molar-refractivity contribution is 7.19. The molecule has 0 bridgehead atoms. The fraction of sp³-hybridized carbons (Fsp3) is 0.321. The summed E-state index contributed by atoms with van der Waals surface area (Å²) in [5, 5.41) is 7.28. The molecule has 1 aliphatic rings. The van der Waals surface area contributed by atoms with Gasteiger partial charge in [-0.1, -0.05) is 36.4 Å². The van der Waals surface area contributed by atoms with Crippen molar-refractivity contribution in [1.29, 1.82) is 0 Å². The van der Waals surface area contributed by atoms with Crippen LogP contribution in [0.3, 0.4) is 0 Å². The molecule has 10 heteroatoms. The molecule has 1 aromatic carbocycles. The summed E-state index contributed by atoms with van der Waals surface area (Å²) in [6, 6.07) is 9.77. The molecular weight excluding hydrogens is 498 g/mol. The maximum atomic E-state index is 12.9. The highest BCUT2D eigenvalue weighted by Gasteiger charge is 2.23. The minimum atomic E-state index is -0.220. The Morgan fingerprint density at radius 1 is 1.21 bits per heavy atom. The van der Waals surface area contributed by atoms with Crippen molar-refractivity contribution >= 4 is 45.7 Å². The summed E-state index contributed by atoms with van der Waals surface area (Å²) < 4.78 is 6.59. The van der Waals surface area contributed by atoms with Gasteiger partial charge >= 0.3 is 0 Å². The second kappa shape index (κ2) is 13.1.